The lowest BCUT2D eigenvalue weighted by Gasteiger charge is -2.21. The summed E-state index contributed by atoms with van der Waals surface area (Å²) in [5.74, 6) is -2.91. The molecule has 2 aliphatic heterocycles. The minimum Gasteiger partial charge on any atom is -0.480 e. The summed E-state index contributed by atoms with van der Waals surface area (Å²) in [7, 11) is 3.36. The number of aliphatic carboxylic acids is 1. The number of imidazole rings is 2. The number of benzene rings is 2. The van der Waals surface area contributed by atoms with Crippen LogP contribution < -0.4 is 22.0 Å². The Kier molecular flexibility index (Phi) is 24.9. The maximum Gasteiger partial charge on any atom is 0.332 e. The summed E-state index contributed by atoms with van der Waals surface area (Å²) in [5.41, 5.74) is 3.88. The molecule has 24 nitrogen and oxygen atoms in total. The number of amides is 4. The van der Waals surface area contributed by atoms with Gasteiger partial charge in [0.25, 0.3) is 0 Å². The van der Waals surface area contributed by atoms with Crippen molar-refractivity contribution in [1.29, 1.82) is 0 Å². The molecule has 2 unspecified atom stereocenters. The van der Waals surface area contributed by atoms with Crippen molar-refractivity contribution in [3.63, 3.8) is 0 Å². The van der Waals surface area contributed by atoms with Crippen molar-refractivity contribution in [3.8, 4) is 0 Å². The molecule has 76 heavy (non-hydrogen) atoms. The molecule has 0 aliphatic carbocycles. The van der Waals surface area contributed by atoms with Gasteiger partial charge < -0.3 is 47.7 Å². The van der Waals surface area contributed by atoms with Gasteiger partial charge in [0.05, 0.1) is 101 Å². The second-order valence-electron chi connectivity index (χ2n) is 19.0. The summed E-state index contributed by atoms with van der Waals surface area (Å²) >= 11 is 0. The number of aryl methyl sites for hydroxylation is 4. The Hall–Kier alpha value is -6.12. The van der Waals surface area contributed by atoms with Gasteiger partial charge in [0.2, 0.25) is 23.6 Å². The van der Waals surface area contributed by atoms with E-state index in [-0.39, 0.29) is 55.9 Å². The van der Waals surface area contributed by atoms with Crippen LogP contribution in [0.1, 0.15) is 82.5 Å². The monoisotopic (exact) mass is 1070 g/mol. The van der Waals surface area contributed by atoms with Crippen LogP contribution >= 0.6 is 0 Å². The second kappa shape index (κ2) is 31.2. The van der Waals surface area contributed by atoms with Gasteiger partial charge >= 0.3 is 23.3 Å². The molecule has 420 valence electrons. The van der Waals surface area contributed by atoms with E-state index in [0.29, 0.717) is 110 Å². The summed E-state index contributed by atoms with van der Waals surface area (Å²) in [4.78, 5) is 95.1. The van der Waals surface area contributed by atoms with Gasteiger partial charge in [-0.15, -0.1) is 0 Å². The maximum atomic E-state index is 12.9. The first-order chi connectivity index (χ1) is 36.4. The molecule has 0 saturated carbocycles. The Morgan fingerprint density at radius 2 is 0.882 bits per heavy atom. The molecule has 0 radical (unpaired) electrons. The number of hydrogen-bond donors (Lipinski definition) is 3. The van der Waals surface area contributed by atoms with Crippen LogP contribution in [-0.4, -0.2) is 170 Å². The zero-order valence-electron chi connectivity index (χ0n) is 44.3. The molecule has 3 N–H and O–H groups in total. The van der Waals surface area contributed by atoms with E-state index in [1.54, 1.807) is 34.9 Å². The number of carboxylic acid groups (broad SMARTS) is 1. The molecule has 4 heterocycles. The van der Waals surface area contributed by atoms with Gasteiger partial charge in [0.1, 0.15) is 30.9 Å². The van der Waals surface area contributed by atoms with Crippen LogP contribution in [0.3, 0.4) is 0 Å². The van der Waals surface area contributed by atoms with E-state index in [1.807, 2.05) is 36.4 Å². The van der Waals surface area contributed by atoms with Gasteiger partial charge in [-0.1, -0.05) is 12.1 Å². The number of ether oxygens (including phenoxy) is 9. The highest BCUT2D eigenvalue weighted by molar-refractivity contribution is 6.01. The Morgan fingerprint density at radius 3 is 1.24 bits per heavy atom. The Morgan fingerprint density at radius 1 is 0.526 bits per heavy atom. The molecule has 2 saturated heterocycles. The van der Waals surface area contributed by atoms with Gasteiger partial charge in [-0.3, -0.25) is 48.1 Å². The predicted molar refractivity (Wildman–Crippen MR) is 274 cm³/mol. The van der Waals surface area contributed by atoms with Crippen LogP contribution in [-0.2, 0) is 98.3 Å². The number of rotatable bonds is 32. The number of carboxylic acids is 1. The first-order valence-corrected chi connectivity index (χ1v) is 25.6. The number of carbonyl (C=O) groups is 6. The van der Waals surface area contributed by atoms with Crippen LogP contribution in [0.5, 0.6) is 0 Å². The number of nitrogens with one attached hydrogen (secondary N) is 2. The lowest BCUT2D eigenvalue weighted by molar-refractivity contribution is -0.160. The summed E-state index contributed by atoms with van der Waals surface area (Å²) in [5, 5.41) is 13.1. The maximum absolute atomic E-state index is 12.9. The van der Waals surface area contributed by atoms with E-state index < -0.39 is 41.4 Å². The van der Waals surface area contributed by atoms with Crippen molar-refractivity contribution in [3.05, 3.63) is 68.5 Å². The third kappa shape index (κ3) is 19.5. The van der Waals surface area contributed by atoms with Crippen LogP contribution in [0.15, 0.2) is 46.0 Å². The highest BCUT2D eigenvalue weighted by Crippen LogP contribution is 2.26. The van der Waals surface area contributed by atoms with Crippen molar-refractivity contribution in [1.82, 2.24) is 28.9 Å². The van der Waals surface area contributed by atoms with E-state index >= 15 is 0 Å². The average Bonchev–Trinajstić information content (AvgIpc) is 3.81. The summed E-state index contributed by atoms with van der Waals surface area (Å²) in [6.07, 6.45) is 4.19. The first kappa shape index (κ1) is 60.7. The quantitative estimate of drug-likeness (QED) is 0.0358. The van der Waals surface area contributed by atoms with Crippen molar-refractivity contribution >= 4 is 57.6 Å². The first-order valence-electron chi connectivity index (χ1n) is 25.6. The molecule has 24 heteroatoms. The Labute approximate surface area is 440 Å². The fourth-order valence-electron chi connectivity index (χ4n) is 8.35. The molecule has 0 spiro atoms. The van der Waals surface area contributed by atoms with Gasteiger partial charge in [0, 0.05) is 40.2 Å². The highest BCUT2D eigenvalue weighted by Gasteiger charge is 2.32. The van der Waals surface area contributed by atoms with Crippen LogP contribution in [0.25, 0.3) is 22.1 Å². The number of carbonyl (C=O) groups excluding carboxylic acids is 5. The lowest BCUT2D eigenvalue weighted by atomic mass is 10.1. The highest BCUT2D eigenvalue weighted by atomic mass is 16.6. The third-order valence-electron chi connectivity index (χ3n) is 12.0. The molecule has 2 fully saturated rings. The molecule has 2 atom stereocenters. The summed E-state index contributed by atoms with van der Waals surface area (Å²) in [6, 6.07) is 10.1. The van der Waals surface area contributed by atoms with Gasteiger partial charge in [-0.2, -0.15) is 0 Å². The van der Waals surface area contributed by atoms with Crippen molar-refractivity contribution in [2.24, 2.45) is 14.1 Å². The van der Waals surface area contributed by atoms with E-state index in [4.69, 9.17) is 47.7 Å². The third-order valence-corrected chi connectivity index (χ3v) is 12.0. The van der Waals surface area contributed by atoms with Crippen molar-refractivity contribution in [2.45, 2.75) is 89.8 Å². The van der Waals surface area contributed by atoms with Crippen molar-refractivity contribution in [2.75, 3.05) is 106 Å². The molecular weight excluding hydrogens is 997 g/mol. The lowest BCUT2D eigenvalue weighted by Crippen LogP contribution is -2.44. The molecule has 2 aromatic heterocycles. The summed E-state index contributed by atoms with van der Waals surface area (Å²) < 4.78 is 54.1. The van der Waals surface area contributed by atoms with Gasteiger partial charge in [-0.05, 0) is 94.7 Å². The number of esters is 1. The molecular formula is C52H74N6O18. The van der Waals surface area contributed by atoms with E-state index in [2.05, 4.69) is 10.6 Å². The van der Waals surface area contributed by atoms with E-state index in [9.17, 15) is 38.4 Å². The fourth-order valence-corrected chi connectivity index (χ4v) is 8.35. The molecule has 6 rings (SSSR count). The Balaban J connectivity index is 0.000000282. The van der Waals surface area contributed by atoms with E-state index in [1.165, 1.54) is 18.3 Å². The minimum absolute atomic E-state index is 0.0964. The molecule has 4 amide bonds. The number of nitrogens with zero attached hydrogens (tertiary/aromatic N) is 4. The minimum atomic E-state index is -1.01. The SMILES string of the molecule is Cn1c(=O)n(C2CCC(=O)NC2=O)c2ccc(CCCOCCOCCOCCOCC(=O)O)cc21.Cn1c(=O)n(C2CCC(=O)NC2=O)c2ccc(CCCOCCOCCOCCOCC(=O)OC(C)(C)C)cc21. The van der Waals surface area contributed by atoms with E-state index in [0.717, 1.165) is 47.8 Å². The number of aromatic nitrogens is 4. The zero-order chi connectivity index (χ0) is 55.0. The van der Waals surface area contributed by atoms with Gasteiger partial charge in [-0.25, -0.2) is 19.2 Å². The largest absolute Gasteiger partial charge is 0.480 e. The zero-order valence-corrected chi connectivity index (χ0v) is 44.3. The predicted octanol–water partition coefficient (Wildman–Crippen LogP) is 2.06. The number of imide groups is 2. The summed E-state index contributed by atoms with van der Waals surface area (Å²) in [6.45, 7) is 10.8. The fraction of sp³-hybridized carbons (Fsp3) is 0.615. The topological polar surface area (TPSA) is 284 Å². The van der Waals surface area contributed by atoms with Crippen molar-refractivity contribution < 1.29 is 76.5 Å². The molecule has 2 aromatic carbocycles. The Bertz CT molecular complexity index is 2680. The normalized spacial score (nSPS) is 16.0. The number of hydrogen-bond acceptors (Lipinski definition) is 17. The molecule has 0 bridgehead atoms. The number of fused-ring (bicyclic) bond motifs is 2. The molecule has 4 aromatic rings. The molecule has 2 aliphatic rings. The van der Waals surface area contributed by atoms with Crippen LogP contribution in [0.2, 0.25) is 0 Å². The number of piperidine rings is 2. The average molecular weight is 1070 g/mol. The van der Waals surface area contributed by atoms with Crippen LogP contribution in [0, 0.1) is 0 Å². The second-order valence-corrected chi connectivity index (χ2v) is 19.0. The smallest absolute Gasteiger partial charge is 0.332 e. The van der Waals surface area contributed by atoms with Crippen LogP contribution in [0.4, 0.5) is 0 Å². The standard InChI is InChI=1S/C28H41N3O9.C24H33N3O9/c1-28(2,3)40-25(33)19-39-17-16-38-15-14-37-13-12-36-11-5-6-20-7-8-21-23(18-20)30(4)27(35)31(21)22-9-10-24(32)29-26(22)34;1-26-20-15-17(3-2-8-33-9-10-34-11-12-35-13-14-36-16-22(29)30)4-5-18(20)27(24(26)32)19-6-7-21(28)25-23(19)31/h7-8,18,22H,5-6,9-17,19H2,1-4H3,(H,29,32,34);4-5,15,19H,2-3,6-14,16H2,1H3,(H,29,30)(H,25,28,31). The van der Waals surface area contributed by atoms with Gasteiger partial charge in [0.15, 0.2) is 0 Å².